The maximum Gasteiger partial charge on any atom is 0.247 e. The molecule has 0 aliphatic carbocycles. The zero-order valence-electron chi connectivity index (χ0n) is 23.3. The number of hydroxylamine groups is 1. The zero-order chi connectivity index (χ0) is 28.1. The average molecular weight is 545 g/mol. The number of carbonyl (C=O) groups excluding carboxylic acids is 1. The third-order valence-electron chi connectivity index (χ3n) is 7.29. The van der Waals surface area contributed by atoms with E-state index >= 15 is 0 Å². The molecule has 0 bridgehead atoms. The molecule has 0 spiro atoms. The second-order valence-corrected chi connectivity index (χ2v) is 9.77. The van der Waals surface area contributed by atoms with Crippen LogP contribution < -0.4 is 25.3 Å². The molecule has 1 aromatic carbocycles. The highest BCUT2D eigenvalue weighted by atomic mass is 16.7. The van der Waals surface area contributed by atoms with Gasteiger partial charge < -0.3 is 25.2 Å². The molecule has 2 N–H and O–H groups in total. The maximum atomic E-state index is 12.3. The SMILES string of the molecule is C=CC(=O)Nc1cc(Nc2cc(N3OCC[C@@H]3c3ccc(C)nc3)ncn2)c(OC)cc1N1CCN(CC)CC1. The lowest BCUT2D eigenvalue weighted by Crippen LogP contribution is -2.46. The molecule has 2 aliphatic heterocycles. The number of aromatic nitrogens is 3. The van der Waals surface area contributed by atoms with Crippen molar-refractivity contribution in [3.8, 4) is 5.75 Å². The van der Waals surface area contributed by atoms with E-state index in [1.54, 1.807) is 7.11 Å². The van der Waals surface area contributed by atoms with Crippen molar-refractivity contribution in [2.45, 2.75) is 26.3 Å². The minimum absolute atomic E-state index is 0.00133. The van der Waals surface area contributed by atoms with E-state index in [0.29, 0.717) is 35.4 Å². The number of carbonyl (C=O) groups is 1. The number of hydrogen-bond acceptors (Lipinski definition) is 10. The summed E-state index contributed by atoms with van der Waals surface area (Å²) < 4.78 is 5.77. The van der Waals surface area contributed by atoms with E-state index in [1.807, 2.05) is 42.4 Å². The molecule has 11 heteroatoms. The van der Waals surface area contributed by atoms with Crippen molar-refractivity contribution >= 4 is 34.6 Å². The first-order valence-electron chi connectivity index (χ1n) is 13.6. The molecule has 11 nitrogen and oxygen atoms in total. The smallest absolute Gasteiger partial charge is 0.247 e. The third kappa shape index (κ3) is 6.00. The number of anilines is 5. The predicted molar refractivity (Wildman–Crippen MR) is 156 cm³/mol. The monoisotopic (exact) mass is 544 g/mol. The van der Waals surface area contributed by atoms with Gasteiger partial charge in [0.1, 0.15) is 17.9 Å². The fourth-order valence-electron chi connectivity index (χ4n) is 5.03. The van der Waals surface area contributed by atoms with Crippen molar-refractivity contribution in [3.05, 3.63) is 66.8 Å². The number of aryl methyl sites for hydroxylation is 1. The molecule has 1 amide bonds. The van der Waals surface area contributed by atoms with Gasteiger partial charge in [-0.25, -0.2) is 15.0 Å². The number of pyridine rings is 1. The molecule has 2 aromatic heterocycles. The number of amides is 1. The molecule has 0 saturated carbocycles. The zero-order valence-corrected chi connectivity index (χ0v) is 23.3. The third-order valence-corrected chi connectivity index (χ3v) is 7.29. The standard InChI is InChI=1S/C29H36N8O3/c1-5-29(38)34-22-15-23(26(39-4)16-25(22)36-12-10-35(6-2)11-13-36)33-27-17-28(32-19-31-27)37-24(9-14-40-37)21-8-7-20(3)30-18-21/h5,7-8,15-19,24H,1,6,9-14H2,2-4H3,(H,34,38)(H,31,32,33)/t24-/m1/s1. The topological polar surface area (TPSA) is 108 Å². The van der Waals surface area contributed by atoms with Crippen LogP contribution >= 0.6 is 0 Å². The van der Waals surface area contributed by atoms with Crippen LogP contribution in [0.4, 0.5) is 28.7 Å². The first-order chi connectivity index (χ1) is 19.5. The molecule has 2 aliphatic rings. The van der Waals surface area contributed by atoms with Crippen LogP contribution in [-0.2, 0) is 9.63 Å². The van der Waals surface area contributed by atoms with Gasteiger partial charge in [0.05, 0.1) is 36.8 Å². The molecule has 5 rings (SSSR count). The van der Waals surface area contributed by atoms with Gasteiger partial charge >= 0.3 is 0 Å². The predicted octanol–water partition coefficient (Wildman–Crippen LogP) is 4.08. The van der Waals surface area contributed by atoms with Crippen LogP contribution in [-0.4, -0.2) is 72.2 Å². The van der Waals surface area contributed by atoms with Crippen molar-refractivity contribution in [1.29, 1.82) is 0 Å². The van der Waals surface area contributed by atoms with Gasteiger partial charge in [-0.05, 0) is 37.2 Å². The molecule has 0 unspecified atom stereocenters. The molecular formula is C29H36N8O3. The molecule has 3 aromatic rings. The van der Waals surface area contributed by atoms with Crippen molar-refractivity contribution in [2.24, 2.45) is 0 Å². The quantitative estimate of drug-likeness (QED) is 0.383. The van der Waals surface area contributed by atoms with Crippen LogP contribution in [0.2, 0.25) is 0 Å². The first-order valence-corrected chi connectivity index (χ1v) is 13.6. The van der Waals surface area contributed by atoms with Gasteiger partial charge in [0, 0.05) is 56.6 Å². The van der Waals surface area contributed by atoms with Gasteiger partial charge in [0.2, 0.25) is 5.91 Å². The van der Waals surface area contributed by atoms with Gasteiger partial charge in [-0.2, -0.15) is 0 Å². The Labute approximate surface area is 234 Å². The van der Waals surface area contributed by atoms with E-state index in [2.05, 4.69) is 55.0 Å². The summed E-state index contributed by atoms with van der Waals surface area (Å²) in [5.74, 6) is 1.54. The molecule has 2 saturated heterocycles. The van der Waals surface area contributed by atoms with Crippen molar-refractivity contribution in [1.82, 2.24) is 19.9 Å². The van der Waals surface area contributed by atoms with Crippen molar-refractivity contribution in [3.63, 3.8) is 0 Å². The molecular weight excluding hydrogens is 508 g/mol. The number of piperazine rings is 1. The Morgan fingerprint density at radius 2 is 1.98 bits per heavy atom. The van der Waals surface area contributed by atoms with E-state index in [0.717, 1.165) is 56.1 Å². The van der Waals surface area contributed by atoms with Crippen molar-refractivity contribution < 1.29 is 14.4 Å². The summed E-state index contributed by atoms with van der Waals surface area (Å²) in [5, 5.41) is 8.13. The average Bonchev–Trinajstić information content (AvgIpc) is 3.48. The molecule has 1 atom stereocenters. The fourth-order valence-corrected chi connectivity index (χ4v) is 5.03. The number of rotatable bonds is 9. The highest BCUT2D eigenvalue weighted by Crippen LogP contribution is 2.40. The summed E-state index contributed by atoms with van der Waals surface area (Å²) in [6.07, 6.45) is 5.47. The Morgan fingerprint density at radius 1 is 1.15 bits per heavy atom. The normalized spacial score (nSPS) is 17.5. The summed E-state index contributed by atoms with van der Waals surface area (Å²) in [6.45, 7) is 13.0. The summed E-state index contributed by atoms with van der Waals surface area (Å²) in [7, 11) is 1.63. The Hall–Kier alpha value is -4.22. The summed E-state index contributed by atoms with van der Waals surface area (Å²) in [6, 6.07) is 9.73. The Kier molecular flexibility index (Phi) is 8.42. The van der Waals surface area contributed by atoms with Gasteiger partial charge in [-0.1, -0.05) is 19.6 Å². The van der Waals surface area contributed by atoms with Crippen LogP contribution in [0, 0.1) is 6.92 Å². The maximum absolute atomic E-state index is 12.3. The Morgan fingerprint density at radius 3 is 2.67 bits per heavy atom. The van der Waals surface area contributed by atoms with E-state index in [9.17, 15) is 4.79 Å². The summed E-state index contributed by atoms with van der Waals surface area (Å²) >= 11 is 0. The number of likely N-dealkylation sites (N-methyl/N-ethyl adjacent to an activating group) is 1. The minimum Gasteiger partial charge on any atom is -0.494 e. The molecule has 2 fully saturated rings. The number of nitrogens with zero attached hydrogens (tertiary/aromatic N) is 6. The van der Waals surface area contributed by atoms with Crippen LogP contribution in [0.15, 0.2) is 55.5 Å². The van der Waals surface area contributed by atoms with E-state index in [-0.39, 0.29) is 11.9 Å². The van der Waals surface area contributed by atoms with E-state index in [1.165, 1.54) is 12.4 Å². The fraction of sp³-hybridized carbons (Fsp3) is 0.379. The van der Waals surface area contributed by atoms with Crippen LogP contribution in [0.25, 0.3) is 0 Å². The highest BCUT2D eigenvalue weighted by Gasteiger charge is 2.29. The number of methoxy groups -OCH3 is 1. The number of benzene rings is 1. The second kappa shape index (κ2) is 12.3. The highest BCUT2D eigenvalue weighted by molar-refractivity contribution is 6.02. The van der Waals surface area contributed by atoms with Crippen LogP contribution in [0.5, 0.6) is 5.75 Å². The van der Waals surface area contributed by atoms with Gasteiger partial charge in [0.15, 0.2) is 5.82 Å². The minimum atomic E-state index is -0.281. The van der Waals surface area contributed by atoms with Gasteiger partial charge in [-0.15, -0.1) is 0 Å². The lowest BCUT2D eigenvalue weighted by atomic mass is 10.1. The molecule has 210 valence electrons. The number of nitrogens with one attached hydrogen (secondary N) is 2. The van der Waals surface area contributed by atoms with Crippen LogP contribution in [0.3, 0.4) is 0 Å². The van der Waals surface area contributed by atoms with E-state index < -0.39 is 0 Å². The first kappa shape index (κ1) is 27.4. The van der Waals surface area contributed by atoms with E-state index in [4.69, 9.17) is 9.57 Å². The Bertz CT molecular complexity index is 1340. The van der Waals surface area contributed by atoms with Crippen LogP contribution in [0.1, 0.15) is 30.6 Å². The summed E-state index contributed by atoms with van der Waals surface area (Å²) in [5.41, 5.74) is 4.26. The van der Waals surface area contributed by atoms with Gasteiger partial charge in [-0.3, -0.25) is 14.6 Å². The van der Waals surface area contributed by atoms with Gasteiger partial charge in [0.25, 0.3) is 0 Å². The Balaban J connectivity index is 1.42. The molecule has 0 radical (unpaired) electrons. The molecule has 4 heterocycles. The largest absolute Gasteiger partial charge is 0.494 e. The lowest BCUT2D eigenvalue weighted by Gasteiger charge is -2.36. The second-order valence-electron chi connectivity index (χ2n) is 9.77. The van der Waals surface area contributed by atoms with Crippen molar-refractivity contribution in [2.75, 3.05) is 67.0 Å². The molecule has 40 heavy (non-hydrogen) atoms. The number of ether oxygens (including phenoxy) is 1. The summed E-state index contributed by atoms with van der Waals surface area (Å²) in [4.78, 5) is 36.3. The number of hydrogen-bond donors (Lipinski definition) is 2. The lowest BCUT2D eigenvalue weighted by molar-refractivity contribution is -0.111.